The summed E-state index contributed by atoms with van der Waals surface area (Å²) in [5, 5.41) is 26.2. The number of nitrogens with one attached hydrogen (secondary N) is 1. The third-order valence-electron chi connectivity index (χ3n) is 5.02. The Labute approximate surface area is 164 Å². The number of aromatic hydroxyl groups is 1. The topological polar surface area (TPSA) is 75.4 Å². The number of fused-ring (bicyclic) bond motifs is 3. The zero-order chi connectivity index (χ0) is 18.6. The van der Waals surface area contributed by atoms with Gasteiger partial charge in [0.25, 0.3) is 5.69 Å². The van der Waals surface area contributed by atoms with Gasteiger partial charge in [0.15, 0.2) is 0 Å². The lowest BCUT2D eigenvalue weighted by Gasteiger charge is -2.37. The van der Waals surface area contributed by atoms with Crippen molar-refractivity contribution in [3.63, 3.8) is 0 Å². The molecule has 0 saturated carbocycles. The van der Waals surface area contributed by atoms with Crippen LogP contribution >= 0.6 is 34.8 Å². The number of nitro benzene ring substituents is 1. The van der Waals surface area contributed by atoms with Gasteiger partial charge in [-0.15, -0.1) is 0 Å². The number of nitro groups is 1. The van der Waals surface area contributed by atoms with Crippen LogP contribution in [-0.2, 0) is 0 Å². The van der Waals surface area contributed by atoms with Crippen LogP contribution in [0.4, 0.5) is 11.4 Å². The maximum absolute atomic E-state index is 11.6. The Hall–Kier alpha value is -1.95. The molecule has 3 atom stereocenters. The van der Waals surface area contributed by atoms with E-state index in [0.29, 0.717) is 21.3 Å². The number of nitrogens with zero attached hydrogens (tertiary/aromatic N) is 1. The maximum Gasteiger partial charge on any atom is 0.293 e. The minimum absolute atomic E-state index is 0.0118. The van der Waals surface area contributed by atoms with Gasteiger partial charge in [0.2, 0.25) is 0 Å². The Morgan fingerprint density at radius 2 is 1.96 bits per heavy atom. The van der Waals surface area contributed by atoms with Crippen LogP contribution in [0.5, 0.6) is 5.75 Å². The van der Waals surface area contributed by atoms with Gasteiger partial charge in [-0.05, 0) is 30.0 Å². The van der Waals surface area contributed by atoms with Gasteiger partial charge in [-0.1, -0.05) is 53.0 Å². The second-order valence-electron chi connectivity index (χ2n) is 6.41. The molecule has 5 nitrogen and oxygen atoms in total. The normalized spacial score (nSPS) is 23.3. The molecule has 1 aliphatic heterocycles. The van der Waals surface area contributed by atoms with Gasteiger partial charge in [0.1, 0.15) is 10.8 Å². The second-order valence-corrected chi connectivity index (χ2v) is 7.66. The second kappa shape index (κ2) is 6.34. The fourth-order valence-corrected chi connectivity index (χ4v) is 4.76. The van der Waals surface area contributed by atoms with Gasteiger partial charge in [-0.3, -0.25) is 10.1 Å². The summed E-state index contributed by atoms with van der Waals surface area (Å²) in [5.74, 6) is -0.352. The summed E-state index contributed by atoms with van der Waals surface area (Å²) < 4.78 is 0. The van der Waals surface area contributed by atoms with Crippen LogP contribution < -0.4 is 5.32 Å². The monoisotopic (exact) mass is 410 g/mol. The van der Waals surface area contributed by atoms with Crippen molar-refractivity contribution in [3.05, 3.63) is 72.7 Å². The van der Waals surface area contributed by atoms with Gasteiger partial charge in [0.05, 0.1) is 22.2 Å². The molecular formula is C18H13Cl3N2O3. The summed E-state index contributed by atoms with van der Waals surface area (Å²) in [7, 11) is 0. The van der Waals surface area contributed by atoms with Gasteiger partial charge >= 0.3 is 0 Å². The molecule has 0 radical (unpaired) electrons. The number of benzene rings is 2. The van der Waals surface area contributed by atoms with E-state index in [2.05, 4.69) is 5.32 Å². The minimum Gasteiger partial charge on any atom is -0.506 e. The van der Waals surface area contributed by atoms with E-state index in [-0.39, 0.29) is 34.3 Å². The quantitative estimate of drug-likeness (QED) is 0.271. The number of halogens is 3. The van der Waals surface area contributed by atoms with E-state index in [1.807, 2.05) is 18.2 Å². The van der Waals surface area contributed by atoms with E-state index < -0.39 is 4.92 Å². The third-order valence-corrected chi connectivity index (χ3v) is 5.88. The molecule has 4 rings (SSSR count). The molecule has 2 aromatic carbocycles. The first-order valence-corrected chi connectivity index (χ1v) is 9.09. The molecule has 2 aliphatic rings. The first kappa shape index (κ1) is 17.5. The van der Waals surface area contributed by atoms with Crippen molar-refractivity contribution in [2.24, 2.45) is 5.92 Å². The van der Waals surface area contributed by atoms with Crippen LogP contribution in [0, 0.1) is 16.0 Å². The van der Waals surface area contributed by atoms with E-state index >= 15 is 0 Å². The van der Waals surface area contributed by atoms with Crippen molar-refractivity contribution in [2.75, 3.05) is 5.32 Å². The summed E-state index contributed by atoms with van der Waals surface area (Å²) >= 11 is 18.4. The molecule has 0 unspecified atom stereocenters. The van der Waals surface area contributed by atoms with Crippen LogP contribution in [-0.4, -0.2) is 10.0 Å². The van der Waals surface area contributed by atoms with Crippen LogP contribution in [0.2, 0.25) is 15.1 Å². The predicted octanol–water partition coefficient (Wildman–Crippen LogP) is 6.09. The number of allylic oxidation sites excluding steroid dienone is 2. The first-order valence-electron chi connectivity index (χ1n) is 7.96. The molecule has 1 aliphatic carbocycles. The summed E-state index contributed by atoms with van der Waals surface area (Å²) in [4.78, 5) is 11.1. The summed E-state index contributed by atoms with van der Waals surface area (Å²) in [6.45, 7) is 0. The van der Waals surface area contributed by atoms with Gasteiger partial charge in [-0.2, -0.15) is 0 Å². The molecule has 0 bridgehead atoms. The van der Waals surface area contributed by atoms with Crippen molar-refractivity contribution in [3.8, 4) is 5.75 Å². The minimum atomic E-state index is -0.499. The largest absolute Gasteiger partial charge is 0.506 e. The van der Waals surface area contributed by atoms with Crippen LogP contribution in [0.25, 0.3) is 0 Å². The lowest BCUT2D eigenvalue weighted by molar-refractivity contribution is -0.385. The average molecular weight is 412 g/mol. The summed E-state index contributed by atoms with van der Waals surface area (Å²) in [6.07, 6.45) is 4.65. The Morgan fingerprint density at radius 1 is 1.19 bits per heavy atom. The van der Waals surface area contributed by atoms with E-state index in [1.54, 1.807) is 12.1 Å². The Kier molecular flexibility index (Phi) is 4.26. The lowest BCUT2D eigenvalue weighted by atomic mass is 9.76. The molecular weight excluding hydrogens is 399 g/mol. The van der Waals surface area contributed by atoms with Crippen LogP contribution in [0.3, 0.4) is 0 Å². The molecule has 2 aromatic rings. The van der Waals surface area contributed by atoms with Crippen molar-refractivity contribution in [2.45, 2.75) is 18.4 Å². The number of anilines is 1. The Balaban J connectivity index is 1.91. The summed E-state index contributed by atoms with van der Waals surface area (Å²) in [5.41, 5.74) is 1.40. The molecule has 8 heteroatoms. The standard InChI is InChI=1S/C18H13Cl3N2O3/c19-8-4-5-11(12(20)6-8)16-10-3-1-2-9(10)15-17(22-16)14(24)7-13(21)18(15)23(25)26/h1-2,4-7,9-10,16,22,24H,3H2/t9-,10-,16-/m1/s1. The smallest absolute Gasteiger partial charge is 0.293 e. The van der Waals surface area contributed by atoms with Crippen molar-refractivity contribution < 1.29 is 10.0 Å². The molecule has 0 aromatic heterocycles. The van der Waals surface area contributed by atoms with Crippen molar-refractivity contribution in [1.82, 2.24) is 0 Å². The summed E-state index contributed by atoms with van der Waals surface area (Å²) in [6, 6.07) is 6.23. The number of hydrogen-bond acceptors (Lipinski definition) is 4. The van der Waals surface area contributed by atoms with Gasteiger partial charge < -0.3 is 10.4 Å². The van der Waals surface area contributed by atoms with Crippen molar-refractivity contribution >= 4 is 46.2 Å². The predicted molar refractivity (Wildman–Crippen MR) is 103 cm³/mol. The maximum atomic E-state index is 11.6. The van der Waals surface area contributed by atoms with Crippen LogP contribution in [0.1, 0.15) is 29.5 Å². The van der Waals surface area contributed by atoms with Crippen molar-refractivity contribution in [1.29, 1.82) is 0 Å². The lowest BCUT2D eigenvalue weighted by Crippen LogP contribution is -2.30. The van der Waals surface area contributed by atoms with E-state index in [4.69, 9.17) is 34.8 Å². The zero-order valence-corrected chi connectivity index (χ0v) is 15.5. The third kappa shape index (κ3) is 2.62. The fourth-order valence-electron chi connectivity index (χ4n) is 3.96. The molecule has 0 spiro atoms. The molecule has 1 heterocycles. The average Bonchev–Trinajstić information content (AvgIpc) is 3.04. The highest BCUT2D eigenvalue weighted by molar-refractivity contribution is 6.35. The van der Waals surface area contributed by atoms with E-state index in [1.165, 1.54) is 6.07 Å². The Morgan fingerprint density at radius 3 is 2.65 bits per heavy atom. The first-order chi connectivity index (χ1) is 12.4. The van der Waals surface area contributed by atoms with Gasteiger partial charge in [-0.25, -0.2) is 0 Å². The molecule has 2 N–H and O–H groups in total. The highest BCUT2D eigenvalue weighted by atomic mass is 35.5. The molecule has 134 valence electrons. The zero-order valence-electron chi connectivity index (χ0n) is 13.2. The fraction of sp³-hybridized carbons (Fsp3) is 0.222. The number of phenolic OH excluding ortho intramolecular Hbond substituents is 1. The molecule has 26 heavy (non-hydrogen) atoms. The number of phenols is 1. The number of hydrogen-bond donors (Lipinski definition) is 2. The highest BCUT2D eigenvalue weighted by Gasteiger charge is 2.44. The molecule has 0 amide bonds. The van der Waals surface area contributed by atoms with E-state index in [0.717, 1.165) is 12.0 Å². The van der Waals surface area contributed by atoms with Gasteiger partial charge in [0, 0.05) is 22.0 Å². The molecule has 0 saturated heterocycles. The van der Waals surface area contributed by atoms with E-state index in [9.17, 15) is 15.2 Å². The van der Waals surface area contributed by atoms with Crippen LogP contribution in [0.15, 0.2) is 36.4 Å². The Bertz CT molecular complexity index is 961. The SMILES string of the molecule is O=[N+]([O-])c1c(Cl)cc(O)c2c1[C@@H]1C=CC[C@H]1[C@H](c1ccc(Cl)cc1Cl)N2. The molecule has 0 fully saturated rings. The number of rotatable bonds is 2. The highest BCUT2D eigenvalue weighted by Crippen LogP contribution is 2.56.